The molecule has 0 atom stereocenters. The molecule has 146 valence electrons. The molecule has 2 heterocycles. The Hall–Kier alpha value is -2.89. The summed E-state index contributed by atoms with van der Waals surface area (Å²) in [5, 5.41) is 0. The molecule has 0 saturated carbocycles. The Morgan fingerprint density at radius 3 is 2.46 bits per heavy atom. The maximum absolute atomic E-state index is 13.3. The highest BCUT2D eigenvalue weighted by Crippen LogP contribution is 2.39. The van der Waals surface area contributed by atoms with Gasteiger partial charge in [-0.25, -0.2) is 4.39 Å². The predicted octanol–water partition coefficient (Wildman–Crippen LogP) is 3.77. The van der Waals surface area contributed by atoms with Gasteiger partial charge in [0.1, 0.15) is 11.6 Å². The summed E-state index contributed by atoms with van der Waals surface area (Å²) >= 11 is 0. The molecule has 0 N–H and O–H groups in total. The molecule has 4 rings (SSSR count). The lowest BCUT2D eigenvalue weighted by Crippen LogP contribution is -2.52. The van der Waals surface area contributed by atoms with Crippen molar-refractivity contribution in [1.82, 2.24) is 4.90 Å². The van der Waals surface area contributed by atoms with Crippen LogP contribution in [0, 0.1) is 5.82 Å². The average Bonchev–Trinajstić information content (AvgIpc) is 3.21. The van der Waals surface area contributed by atoms with Gasteiger partial charge in [-0.1, -0.05) is 12.1 Å². The lowest BCUT2D eigenvalue weighted by atomic mass is 10.0. The number of benzene rings is 2. The topological polar surface area (TPSA) is 49.9 Å². The van der Waals surface area contributed by atoms with Gasteiger partial charge in [-0.3, -0.25) is 9.59 Å². The van der Waals surface area contributed by atoms with Crippen LogP contribution < -0.4 is 9.64 Å². The zero-order valence-corrected chi connectivity index (χ0v) is 16.1. The number of carbonyl (C=O) groups is 2. The summed E-state index contributed by atoms with van der Waals surface area (Å²) in [7, 11) is 0. The summed E-state index contributed by atoms with van der Waals surface area (Å²) in [6.07, 6.45) is 2.03. The molecule has 0 unspecified atom stereocenters. The Balaban J connectivity index is 1.71. The van der Waals surface area contributed by atoms with Crippen molar-refractivity contribution in [3.8, 4) is 5.75 Å². The first-order valence-electron chi connectivity index (χ1n) is 9.54. The molecule has 0 bridgehead atoms. The number of anilines is 1. The summed E-state index contributed by atoms with van der Waals surface area (Å²) in [6.45, 7) is 5.24. The first-order chi connectivity index (χ1) is 13.3. The third-order valence-electron chi connectivity index (χ3n) is 5.27. The Bertz CT molecular complexity index is 918. The number of fused-ring (bicyclic) bond motifs is 1. The molecule has 2 amide bonds. The molecule has 1 saturated heterocycles. The van der Waals surface area contributed by atoms with E-state index in [0.29, 0.717) is 17.0 Å². The van der Waals surface area contributed by atoms with E-state index < -0.39 is 5.60 Å². The van der Waals surface area contributed by atoms with Crippen molar-refractivity contribution in [2.45, 2.75) is 38.8 Å². The van der Waals surface area contributed by atoms with Crippen LogP contribution in [0.1, 0.15) is 42.6 Å². The van der Waals surface area contributed by atoms with E-state index in [1.54, 1.807) is 49.1 Å². The van der Waals surface area contributed by atoms with E-state index in [4.69, 9.17) is 4.74 Å². The Morgan fingerprint density at radius 1 is 1.11 bits per heavy atom. The molecular weight excluding hydrogens is 359 g/mol. The number of ether oxygens (including phenoxy) is 1. The highest BCUT2D eigenvalue weighted by Gasteiger charge is 2.41. The van der Waals surface area contributed by atoms with E-state index in [9.17, 15) is 14.0 Å². The number of halogens is 1. The predicted molar refractivity (Wildman–Crippen MR) is 104 cm³/mol. The van der Waals surface area contributed by atoms with Crippen LogP contribution in [0.3, 0.4) is 0 Å². The van der Waals surface area contributed by atoms with E-state index in [0.717, 1.165) is 31.5 Å². The third kappa shape index (κ3) is 3.35. The first-order valence-corrected chi connectivity index (χ1v) is 9.54. The number of nitrogens with zero attached hydrogens (tertiary/aromatic N) is 2. The fraction of sp³-hybridized carbons (Fsp3) is 0.364. The van der Waals surface area contributed by atoms with Crippen LogP contribution >= 0.6 is 0 Å². The molecule has 6 heteroatoms. The van der Waals surface area contributed by atoms with Crippen molar-refractivity contribution in [2.24, 2.45) is 0 Å². The molecule has 0 aromatic heterocycles. The number of amides is 2. The quantitative estimate of drug-likeness (QED) is 0.812. The van der Waals surface area contributed by atoms with Gasteiger partial charge in [0, 0.05) is 18.7 Å². The van der Waals surface area contributed by atoms with E-state index >= 15 is 0 Å². The van der Waals surface area contributed by atoms with E-state index in [2.05, 4.69) is 0 Å². The normalized spacial score (nSPS) is 18.0. The van der Waals surface area contributed by atoms with Crippen LogP contribution in [0.2, 0.25) is 0 Å². The SMILES string of the molecule is CC1(C)Oc2ccc(C(=O)N3CCCC3)cc2N(Cc2ccc(F)cc2)C1=O. The summed E-state index contributed by atoms with van der Waals surface area (Å²) in [6, 6.07) is 11.3. The van der Waals surface area contributed by atoms with Crippen LogP contribution in [0.4, 0.5) is 10.1 Å². The fourth-order valence-electron chi connectivity index (χ4n) is 3.73. The molecule has 2 aliphatic rings. The zero-order valence-electron chi connectivity index (χ0n) is 16.1. The zero-order chi connectivity index (χ0) is 19.9. The number of hydrogen-bond donors (Lipinski definition) is 0. The van der Waals surface area contributed by atoms with Gasteiger partial charge in [0.05, 0.1) is 12.2 Å². The van der Waals surface area contributed by atoms with Crippen molar-refractivity contribution < 1.29 is 18.7 Å². The van der Waals surface area contributed by atoms with Gasteiger partial charge in [-0.2, -0.15) is 0 Å². The third-order valence-corrected chi connectivity index (χ3v) is 5.27. The van der Waals surface area contributed by atoms with Gasteiger partial charge >= 0.3 is 0 Å². The monoisotopic (exact) mass is 382 g/mol. The molecule has 0 spiro atoms. The maximum Gasteiger partial charge on any atom is 0.271 e. The number of hydrogen-bond acceptors (Lipinski definition) is 3. The maximum atomic E-state index is 13.3. The van der Waals surface area contributed by atoms with Gasteiger partial charge in [-0.05, 0) is 62.6 Å². The second-order valence-corrected chi connectivity index (χ2v) is 7.81. The lowest BCUT2D eigenvalue weighted by molar-refractivity contribution is -0.132. The van der Waals surface area contributed by atoms with Crippen molar-refractivity contribution in [3.05, 3.63) is 59.4 Å². The largest absolute Gasteiger partial charge is 0.476 e. The first kappa shape index (κ1) is 18.5. The van der Waals surface area contributed by atoms with Crippen molar-refractivity contribution in [3.63, 3.8) is 0 Å². The van der Waals surface area contributed by atoms with Crippen molar-refractivity contribution >= 4 is 17.5 Å². The van der Waals surface area contributed by atoms with Crippen LogP contribution in [0.25, 0.3) is 0 Å². The summed E-state index contributed by atoms with van der Waals surface area (Å²) in [5.41, 5.74) is 0.891. The van der Waals surface area contributed by atoms with Crippen molar-refractivity contribution in [2.75, 3.05) is 18.0 Å². The van der Waals surface area contributed by atoms with Gasteiger partial charge in [0.2, 0.25) is 0 Å². The standard InChI is InChI=1S/C22H23FN2O3/c1-22(2)21(27)25(14-15-5-8-17(23)9-6-15)18-13-16(7-10-19(18)28-22)20(26)24-11-3-4-12-24/h5-10,13H,3-4,11-12,14H2,1-2H3. The van der Waals surface area contributed by atoms with Gasteiger partial charge < -0.3 is 14.5 Å². The second kappa shape index (κ2) is 6.93. The summed E-state index contributed by atoms with van der Waals surface area (Å²) in [4.78, 5) is 29.3. The Kier molecular flexibility index (Phi) is 4.57. The average molecular weight is 382 g/mol. The summed E-state index contributed by atoms with van der Waals surface area (Å²) in [5.74, 6) is 0.00961. The van der Waals surface area contributed by atoms with E-state index in [1.165, 1.54) is 12.1 Å². The van der Waals surface area contributed by atoms with Gasteiger partial charge in [0.15, 0.2) is 5.60 Å². The van der Waals surface area contributed by atoms with E-state index in [-0.39, 0.29) is 24.2 Å². The molecular formula is C22H23FN2O3. The summed E-state index contributed by atoms with van der Waals surface area (Å²) < 4.78 is 19.2. The van der Waals surface area contributed by atoms with Crippen LogP contribution in [0.5, 0.6) is 5.75 Å². The molecule has 28 heavy (non-hydrogen) atoms. The molecule has 0 radical (unpaired) electrons. The minimum absolute atomic E-state index is 0.0284. The Morgan fingerprint density at radius 2 is 1.79 bits per heavy atom. The molecule has 5 nitrogen and oxygen atoms in total. The van der Waals surface area contributed by atoms with Crippen LogP contribution in [0.15, 0.2) is 42.5 Å². The smallest absolute Gasteiger partial charge is 0.271 e. The second-order valence-electron chi connectivity index (χ2n) is 7.81. The molecule has 0 aliphatic carbocycles. The highest BCUT2D eigenvalue weighted by molar-refractivity contribution is 6.04. The van der Waals surface area contributed by atoms with Crippen LogP contribution in [-0.4, -0.2) is 35.4 Å². The molecule has 2 aromatic carbocycles. The van der Waals surface area contributed by atoms with Crippen LogP contribution in [-0.2, 0) is 11.3 Å². The minimum Gasteiger partial charge on any atom is -0.476 e. The van der Waals surface area contributed by atoms with Crippen molar-refractivity contribution in [1.29, 1.82) is 0 Å². The lowest BCUT2D eigenvalue weighted by Gasteiger charge is -2.39. The number of likely N-dealkylation sites (tertiary alicyclic amines) is 1. The van der Waals surface area contributed by atoms with Gasteiger partial charge in [-0.15, -0.1) is 0 Å². The molecule has 1 fully saturated rings. The Labute approximate surface area is 163 Å². The molecule has 2 aromatic rings. The fourth-order valence-corrected chi connectivity index (χ4v) is 3.73. The van der Waals surface area contributed by atoms with Gasteiger partial charge in [0.25, 0.3) is 11.8 Å². The number of carbonyl (C=O) groups excluding carboxylic acids is 2. The highest BCUT2D eigenvalue weighted by atomic mass is 19.1. The van der Waals surface area contributed by atoms with E-state index in [1.807, 2.05) is 4.90 Å². The molecule has 2 aliphatic heterocycles. The number of rotatable bonds is 3. The minimum atomic E-state index is -1.02.